The van der Waals surface area contributed by atoms with Gasteiger partial charge in [-0.15, -0.1) is 0 Å². The van der Waals surface area contributed by atoms with Crippen molar-refractivity contribution in [3.05, 3.63) is 90.3 Å². The Hall–Kier alpha value is -4.25. The molecule has 5 rings (SSSR count). The molecule has 0 aliphatic carbocycles. The van der Waals surface area contributed by atoms with Crippen LogP contribution in [0.2, 0.25) is 0 Å². The van der Waals surface area contributed by atoms with Crippen molar-refractivity contribution >= 4 is 55.7 Å². The summed E-state index contributed by atoms with van der Waals surface area (Å²) >= 11 is 0. The lowest BCUT2D eigenvalue weighted by atomic mass is 10.1. The van der Waals surface area contributed by atoms with Gasteiger partial charge in [0.2, 0.25) is 11.9 Å². The first-order valence-corrected chi connectivity index (χ1v) is 15.5. The van der Waals surface area contributed by atoms with Crippen LogP contribution in [0.15, 0.2) is 88.9 Å². The Morgan fingerprint density at radius 2 is 1.48 bits per heavy atom. The second-order valence-corrected chi connectivity index (χ2v) is 11.7. The zero-order chi connectivity index (χ0) is 29.7. The molecule has 1 aliphatic rings. The summed E-state index contributed by atoms with van der Waals surface area (Å²) in [6.45, 7) is 1.42. The van der Waals surface area contributed by atoms with Crippen LogP contribution in [-0.4, -0.2) is 72.2 Å². The molecule has 0 amide bonds. The Balaban J connectivity index is 1.63. The van der Waals surface area contributed by atoms with E-state index in [0.717, 1.165) is 5.69 Å². The zero-order valence-corrected chi connectivity index (χ0v) is 23.6. The minimum atomic E-state index is -4.86. The van der Waals surface area contributed by atoms with Gasteiger partial charge in [0.1, 0.15) is 16.1 Å². The molecule has 4 aromatic rings. The molecule has 1 aliphatic heterocycles. The van der Waals surface area contributed by atoms with Crippen LogP contribution in [0.1, 0.15) is 11.1 Å². The van der Waals surface area contributed by atoms with E-state index in [-0.39, 0.29) is 33.6 Å². The Morgan fingerprint density at radius 1 is 0.810 bits per heavy atom. The molecule has 3 aromatic carbocycles. The summed E-state index contributed by atoms with van der Waals surface area (Å²) in [7, 11) is -9.41. The Kier molecular flexibility index (Phi) is 8.58. The molecule has 0 radical (unpaired) electrons. The minimum absolute atomic E-state index is 0.0430. The standard InChI is InChI=1S/C27H26N6O7S2/c34-41(35,36)24-12-5-4-7-20(24)13-14-21-8-6-11-23(25(21)42(37,38)39)33(32-15-17-40-18-16-32)27-29-19-28-26(31-27)30-22-9-2-1-3-10-22/h1-14,19H,15-18H2,(H,34,35,36)(H,37,38,39)(H,28,29,30,31). The first-order chi connectivity index (χ1) is 20.1. The van der Waals surface area contributed by atoms with E-state index in [2.05, 4.69) is 20.3 Å². The van der Waals surface area contributed by atoms with Gasteiger partial charge in [-0.1, -0.05) is 60.7 Å². The molecule has 1 saturated heterocycles. The SMILES string of the molecule is O=S(=O)(O)c1ccccc1C=Cc1cccc(N(c2ncnc(Nc3ccccc3)n2)N2CCOCC2)c1S(=O)(=O)O. The van der Waals surface area contributed by atoms with Gasteiger partial charge in [0, 0.05) is 18.8 Å². The van der Waals surface area contributed by atoms with Crippen LogP contribution >= 0.6 is 0 Å². The van der Waals surface area contributed by atoms with Crippen molar-refractivity contribution in [2.45, 2.75) is 9.79 Å². The number of nitrogens with one attached hydrogen (secondary N) is 1. The van der Waals surface area contributed by atoms with Crippen LogP contribution < -0.4 is 10.3 Å². The molecule has 1 aromatic heterocycles. The highest BCUT2D eigenvalue weighted by Gasteiger charge is 2.30. The van der Waals surface area contributed by atoms with E-state index in [4.69, 9.17) is 4.74 Å². The number of ether oxygens (including phenoxy) is 1. The summed E-state index contributed by atoms with van der Waals surface area (Å²) in [6, 6.07) is 19.4. The molecule has 15 heteroatoms. The lowest BCUT2D eigenvalue weighted by molar-refractivity contribution is 0.0369. The van der Waals surface area contributed by atoms with Crippen molar-refractivity contribution in [2.24, 2.45) is 0 Å². The van der Waals surface area contributed by atoms with Gasteiger partial charge in [0.05, 0.1) is 18.9 Å². The number of rotatable bonds is 9. The summed E-state index contributed by atoms with van der Waals surface area (Å²) < 4.78 is 75.0. The lowest BCUT2D eigenvalue weighted by Gasteiger charge is -2.37. The second kappa shape index (κ2) is 12.3. The molecule has 0 bridgehead atoms. The van der Waals surface area contributed by atoms with Crippen molar-refractivity contribution in [3.63, 3.8) is 0 Å². The van der Waals surface area contributed by atoms with Crippen LogP contribution in [0.25, 0.3) is 12.2 Å². The average Bonchev–Trinajstić information content (AvgIpc) is 2.97. The smallest absolute Gasteiger partial charge is 0.297 e. The maximum absolute atomic E-state index is 12.9. The molecule has 1 fully saturated rings. The molecule has 0 spiro atoms. The quantitative estimate of drug-likeness (QED) is 0.185. The summed E-state index contributed by atoms with van der Waals surface area (Å²) in [4.78, 5) is 12.2. The van der Waals surface area contributed by atoms with Gasteiger partial charge >= 0.3 is 0 Å². The maximum atomic E-state index is 12.9. The van der Waals surface area contributed by atoms with E-state index in [1.807, 2.05) is 30.3 Å². The largest absolute Gasteiger partial charge is 0.379 e. The van der Waals surface area contributed by atoms with Gasteiger partial charge in [0.15, 0.2) is 0 Å². The molecule has 13 nitrogen and oxygen atoms in total. The van der Waals surface area contributed by atoms with Crippen LogP contribution in [0, 0.1) is 0 Å². The first kappa shape index (κ1) is 29.2. The highest BCUT2D eigenvalue weighted by Crippen LogP contribution is 2.35. The fourth-order valence-electron chi connectivity index (χ4n) is 4.39. The number of hydrogen-bond donors (Lipinski definition) is 3. The molecule has 0 atom stereocenters. The fraction of sp³-hybridized carbons (Fsp3) is 0.148. The van der Waals surface area contributed by atoms with Gasteiger partial charge in [-0.2, -0.15) is 26.8 Å². The monoisotopic (exact) mass is 610 g/mol. The van der Waals surface area contributed by atoms with E-state index < -0.39 is 25.1 Å². The van der Waals surface area contributed by atoms with Crippen molar-refractivity contribution in [1.82, 2.24) is 20.0 Å². The summed E-state index contributed by atoms with van der Waals surface area (Å²) in [5.74, 6) is 0.281. The number of morpholine rings is 1. The number of nitrogens with zero attached hydrogens (tertiary/aromatic N) is 5. The van der Waals surface area contributed by atoms with Crippen molar-refractivity contribution < 1.29 is 30.7 Å². The van der Waals surface area contributed by atoms with Gasteiger partial charge in [0.25, 0.3) is 20.2 Å². The number of aromatic nitrogens is 3. The lowest BCUT2D eigenvalue weighted by Crippen LogP contribution is -2.47. The fourth-order valence-corrected chi connectivity index (χ4v) is 5.93. The number of hydrogen-bond acceptors (Lipinski definition) is 11. The van der Waals surface area contributed by atoms with E-state index >= 15 is 0 Å². The molecule has 0 unspecified atom stereocenters. The third-order valence-corrected chi connectivity index (χ3v) is 8.09. The van der Waals surface area contributed by atoms with Gasteiger partial charge in [-0.05, 0) is 35.4 Å². The van der Waals surface area contributed by atoms with Crippen LogP contribution in [0.4, 0.5) is 23.3 Å². The molecule has 218 valence electrons. The predicted molar refractivity (Wildman–Crippen MR) is 156 cm³/mol. The zero-order valence-electron chi connectivity index (χ0n) is 22.0. The van der Waals surface area contributed by atoms with E-state index in [1.54, 1.807) is 17.1 Å². The number of hydrazine groups is 1. The number of benzene rings is 3. The minimum Gasteiger partial charge on any atom is -0.379 e. The van der Waals surface area contributed by atoms with Crippen molar-refractivity contribution in [3.8, 4) is 0 Å². The highest BCUT2D eigenvalue weighted by atomic mass is 32.2. The van der Waals surface area contributed by atoms with Crippen LogP contribution in [0.3, 0.4) is 0 Å². The molecular formula is C27H26N6O7S2. The molecule has 42 heavy (non-hydrogen) atoms. The summed E-state index contributed by atoms with van der Waals surface area (Å²) in [5, 5.41) is 6.35. The summed E-state index contributed by atoms with van der Waals surface area (Å²) in [6.07, 6.45) is 3.95. The third-order valence-electron chi connectivity index (χ3n) is 6.20. The number of para-hydroxylation sites is 1. The molecule has 2 heterocycles. The van der Waals surface area contributed by atoms with Crippen LogP contribution in [-0.2, 0) is 25.0 Å². The van der Waals surface area contributed by atoms with Gasteiger partial charge in [-0.3, -0.25) is 9.11 Å². The van der Waals surface area contributed by atoms with Crippen molar-refractivity contribution in [2.75, 3.05) is 36.6 Å². The maximum Gasteiger partial charge on any atom is 0.297 e. The van der Waals surface area contributed by atoms with E-state index in [9.17, 15) is 25.9 Å². The van der Waals surface area contributed by atoms with E-state index in [0.29, 0.717) is 26.3 Å². The Bertz CT molecular complexity index is 1810. The van der Waals surface area contributed by atoms with Gasteiger partial charge < -0.3 is 10.1 Å². The number of anilines is 4. The third kappa shape index (κ3) is 6.79. The summed E-state index contributed by atoms with van der Waals surface area (Å²) in [5.41, 5.74) is 0.936. The average molecular weight is 611 g/mol. The second-order valence-electron chi connectivity index (χ2n) is 8.99. The first-order valence-electron chi connectivity index (χ1n) is 12.6. The highest BCUT2D eigenvalue weighted by molar-refractivity contribution is 7.86. The topological polar surface area (TPSA) is 175 Å². The normalized spacial score (nSPS) is 14.6. The van der Waals surface area contributed by atoms with Gasteiger partial charge in [-0.25, -0.2) is 15.0 Å². The van der Waals surface area contributed by atoms with E-state index in [1.165, 1.54) is 53.8 Å². The Labute approximate surface area is 242 Å². The molecular weight excluding hydrogens is 584 g/mol. The molecule has 3 N–H and O–H groups in total. The van der Waals surface area contributed by atoms with Crippen LogP contribution in [0.5, 0.6) is 0 Å². The van der Waals surface area contributed by atoms with Crippen molar-refractivity contribution in [1.29, 1.82) is 0 Å². The predicted octanol–water partition coefficient (Wildman–Crippen LogP) is 3.66. The molecule has 0 saturated carbocycles. The Morgan fingerprint density at radius 3 is 2.19 bits per heavy atom.